The van der Waals surface area contributed by atoms with Gasteiger partial charge < -0.3 is 5.73 Å². The van der Waals surface area contributed by atoms with Crippen LogP contribution in [0.5, 0.6) is 0 Å². The van der Waals surface area contributed by atoms with Gasteiger partial charge in [-0.3, -0.25) is 4.90 Å². The fraction of sp³-hybridized carbons (Fsp3) is 1.00. The van der Waals surface area contributed by atoms with E-state index >= 15 is 0 Å². The first-order valence-electron chi connectivity index (χ1n) is 6.07. The van der Waals surface area contributed by atoms with Gasteiger partial charge in [-0.2, -0.15) is 0 Å². The highest BCUT2D eigenvalue weighted by Crippen LogP contribution is 2.28. The molecule has 0 aromatic rings. The molecule has 0 bridgehead atoms. The molecule has 0 aliphatic heterocycles. The molecule has 2 nitrogen and oxygen atoms in total. The molecule has 1 unspecified atom stereocenters. The summed E-state index contributed by atoms with van der Waals surface area (Å²) >= 11 is 0. The maximum Gasteiger partial charge on any atom is 0.0300 e. The molecule has 0 spiro atoms. The van der Waals surface area contributed by atoms with Crippen molar-refractivity contribution in [2.75, 3.05) is 13.6 Å². The van der Waals surface area contributed by atoms with Gasteiger partial charge in [-0.25, -0.2) is 0 Å². The Morgan fingerprint density at radius 2 is 1.86 bits per heavy atom. The second-order valence-corrected chi connectivity index (χ2v) is 4.96. The molecule has 1 saturated carbocycles. The summed E-state index contributed by atoms with van der Waals surface area (Å²) < 4.78 is 0. The van der Waals surface area contributed by atoms with Gasteiger partial charge in [0.25, 0.3) is 0 Å². The van der Waals surface area contributed by atoms with Gasteiger partial charge in [-0.05, 0) is 33.2 Å². The normalized spacial score (nSPS) is 23.8. The second-order valence-electron chi connectivity index (χ2n) is 4.96. The molecule has 2 heteroatoms. The highest BCUT2D eigenvalue weighted by atomic mass is 15.2. The third-order valence-electron chi connectivity index (χ3n) is 4.18. The third kappa shape index (κ3) is 2.48. The maximum absolute atomic E-state index is 5.88. The molecule has 1 atom stereocenters. The monoisotopic (exact) mass is 198 g/mol. The molecule has 0 saturated heterocycles. The molecule has 1 rings (SSSR count). The molecule has 0 radical (unpaired) electrons. The zero-order valence-corrected chi connectivity index (χ0v) is 10.1. The summed E-state index contributed by atoms with van der Waals surface area (Å²) in [6.45, 7) is 5.31. The van der Waals surface area contributed by atoms with Gasteiger partial charge in [0.2, 0.25) is 0 Å². The Morgan fingerprint density at radius 3 is 2.29 bits per heavy atom. The molecular formula is C12H26N2. The van der Waals surface area contributed by atoms with Crippen LogP contribution in [0.1, 0.15) is 52.4 Å². The summed E-state index contributed by atoms with van der Waals surface area (Å²) in [5, 5.41) is 0. The van der Waals surface area contributed by atoms with Gasteiger partial charge in [0.15, 0.2) is 0 Å². The van der Waals surface area contributed by atoms with Crippen LogP contribution in [0.4, 0.5) is 0 Å². The smallest absolute Gasteiger partial charge is 0.0300 e. The molecule has 0 heterocycles. The SMILES string of the molecule is CCC(C)(CN)N(C)C1CCCCC1. The van der Waals surface area contributed by atoms with Gasteiger partial charge in [0.1, 0.15) is 0 Å². The minimum atomic E-state index is 0.210. The van der Waals surface area contributed by atoms with Gasteiger partial charge in [0, 0.05) is 18.1 Å². The molecule has 1 aliphatic rings. The van der Waals surface area contributed by atoms with E-state index in [0.29, 0.717) is 0 Å². The summed E-state index contributed by atoms with van der Waals surface area (Å²) in [7, 11) is 2.26. The minimum Gasteiger partial charge on any atom is -0.329 e. The Morgan fingerprint density at radius 1 is 1.29 bits per heavy atom. The Kier molecular flexibility index (Phi) is 4.39. The summed E-state index contributed by atoms with van der Waals surface area (Å²) in [5.74, 6) is 0. The van der Waals surface area contributed by atoms with Crippen molar-refractivity contribution >= 4 is 0 Å². The summed E-state index contributed by atoms with van der Waals surface area (Å²) in [6, 6.07) is 0.775. The van der Waals surface area contributed by atoms with E-state index in [4.69, 9.17) is 5.73 Å². The van der Waals surface area contributed by atoms with E-state index in [1.807, 2.05) is 0 Å². The predicted octanol–water partition coefficient (Wildman–Crippen LogP) is 2.38. The quantitative estimate of drug-likeness (QED) is 0.751. The lowest BCUT2D eigenvalue weighted by Gasteiger charge is -2.44. The van der Waals surface area contributed by atoms with E-state index in [-0.39, 0.29) is 5.54 Å². The molecule has 1 aliphatic carbocycles. The standard InChI is InChI=1S/C12H26N2/c1-4-12(2,10-13)14(3)11-8-6-5-7-9-11/h11H,4-10,13H2,1-3H3. The molecule has 14 heavy (non-hydrogen) atoms. The zero-order valence-electron chi connectivity index (χ0n) is 10.1. The van der Waals surface area contributed by atoms with Gasteiger partial charge in [0.05, 0.1) is 0 Å². The first kappa shape index (κ1) is 12.0. The van der Waals surface area contributed by atoms with Crippen LogP contribution in [-0.2, 0) is 0 Å². The van der Waals surface area contributed by atoms with Gasteiger partial charge in [-0.15, -0.1) is 0 Å². The van der Waals surface area contributed by atoms with Crippen LogP contribution < -0.4 is 5.73 Å². The Labute approximate surface area is 88.8 Å². The first-order chi connectivity index (χ1) is 6.64. The predicted molar refractivity (Wildman–Crippen MR) is 62.4 cm³/mol. The molecule has 0 amide bonds. The Bertz CT molecular complexity index is 158. The van der Waals surface area contributed by atoms with Crippen LogP contribution in [0, 0.1) is 0 Å². The molecule has 0 aromatic heterocycles. The van der Waals surface area contributed by atoms with E-state index < -0.39 is 0 Å². The largest absolute Gasteiger partial charge is 0.329 e. The van der Waals surface area contributed by atoms with Crippen LogP contribution in [0.3, 0.4) is 0 Å². The summed E-state index contributed by atoms with van der Waals surface area (Å²) in [4.78, 5) is 2.53. The first-order valence-corrected chi connectivity index (χ1v) is 6.07. The second kappa shape index (κ2) is 5.13. The lowest BCUT2D eigenvalue weighted by Crippen LogP contribution is -2.54. The maximum atomic E-state index is 5.88. The number of nitrogens with zero attached hydrogens (tertiary/aromatic N) is 1. The highest BCUT2D eigenvalue weighted by molar-refractivity contribution is 4.89. The number of likely N-dealkylation sites (N-methyl/N-ethyl adjacent to an activating group) is 1. The van der Waals surface area contributed by atoms with Crippen LogP contribution in [0.25, 0.3) is 0 Å². The van der Waals surface area contributed by atoms with Crippen LogP contribution in [0.2, 0.25) is 0 Å². The topological polar surface area (TPSA) is 29.3 Å². The zero-order chi connectivity index (χ0) is 10.6. The number of nitrogens with two attached hydrogens (primary N) is 1. The van der Waals surface area contributed by atoms with Gasteiger partial charge in [-0.1, -0.05) is 26.2 Å². The number of rotatable bonds is 4. The van der Waals surface area contributed by atoms with Crippen molar-refractivity contribution in [3.05, 3.63) is 0 Å². The van der Waals surface area contributed by atoms with E-state index in [2.05, 4.69) is 25.8 Å². The average molecular weight is 198 g/mol. The fourth-order valence-electron chi connectivity index (χ4n) is 2.45. The van der Waals surface area contributed by atoms with E-state index in [1.54, 1.807) is 0 Å². The van der Waals surface area contributed by atoms with E-state index in [1.165, 1.54) is 32.1 Å². The van der Waals surface area contributed by atoms with Crippen LogP contribution in [-0.4, -0.2) is 30.1 Å². The third-order valence-corrected chi connectivity index (χ3v) is 4.18. The Balaban J connectivity index is 2.56. The summed E-state index contributed by atoms with van der Waals surface area (Å²) in [5.41, 5.74) is 6.09. The van der Waals surface area contributed by atoms with E-state index in [9.17, 15) is 0 Å². The lowest BCUT2D eigenvalue weighted by molar-refractivity contribution is 0.0675. The molecule has 1 fully saturated rings. The minimum absolute atomic E-state index is 0.210. The van der Waals surface area contributed by atoms with Crippen LogP contribution in [0.15, 0.2) is 0 Å². The van der Waals surface area contributed by atoms with Crippen molar-refractivity contribution < 1.29 is 0 Å². The molecule has 0 aromatic carbocycles. The van der Waals surface area contributed by atoms with Crippen molar-refractivity contribution in [3.8, 4) is 0 Å². The highest BCUT2D eigenvalue weighted by Gasteiger charge is 2.31. The number of hydrogen-bond donors (Lipinski definition) is 1. The van der Waals surface area contributed by atoms with Crippen molar-refractivity contribution in [2.24, 2.45) is 5.73 Å². The molecular weight excluding hydrogens is 172 g/mol. The van der Waals surface area contributed by atoms with Crippen molar-refractivity contribution in [2.45, 2.75) is 64.0 Å². The van der Waals surface area contributed by atoms with Crippen molar-refractivity contribution in [3.63, 3.8) is 0 Å². The van der Waals surface area contributed by atoms with Crippen molar-refractivity contribution in [1.29, 1.82) is 0 Å². The Hall–Kier alpha value is -0.0800. The molecule has 2 N–H and O–H groups in total. The molecule has 84 valence electrons. The average Bonchev–Trinajstić information content (AvgIpc) is 2.28. The van der Waals surface area contributed by atoms with Gasteiger partial charge >= 0.3 is 0 Å². The van der Waals surface area contributed by atoms with Crippen LogP contribution >= 0.6 is 0 Å². The fourth-order valence-corrected chi connectivity index (χ4v) is 2.45. The lowest BCUT2D eigenvalue weighted by atomic mass is 9.88. The summed E-state index contributed by atoms with van der Waals surface area (Å²) in [6.07, 6.45) is 8.11. The van der Waals surface area contributed by atoms with Crippen molar-refractivity contribution in [1.82, 2.24) is 4.90 Å². The number of hydrogen-bond acceptors (Lipinski definition) is 2. The van der Waals surface area contributed by atoms with E-state index in [0.717, 1.165) is 19.0 Å².